The van der Waals surface area contributed by atoms with Crippen LogP contribution in [-0.4, -0.2) is 16.3 Å². The van der Waals surface area contributed by atoms with Crippen molar-refractivity contribution in [2.75, 3.05) is 5.32 Å². The zero-order valence-corrected chi connectivity index (χ0v) is 14.6. The predicted octanol–water partition coefficient (Wildman–Crippen LogP) is 4.44. The van der Waals surface area contributed by atoms with Crippen LogP contribution in [0.2, 0.25) is 5.02 Å². The van der Waals surface area contributed by atoms with Crippen LogP contribution < -0.4 is 14.8 Å². The first-order valence-corrected chi connectivity index (χ1v) is 8.34. The molecule has 0 unspecified atom stereocenters. The fraction of sp³-hybridized carbons (Fsp3) is 0.211. The van der Waals surface area contributed by atoms with E-state index < -0.39 is 5.79 Å². The Labute approximate surface area is 150 Å². The van der Waals surface area contributed by atoms with Crippen LogP contribution in [0.15, 0.2) is 48.7 Å². The molecule has 1 amide bonds. The highest BCUT2D eigenvalue weighted by molar-refractivity contribution is 6.31. The lowest BCUT2D eigenvalue weighted by Crippen LogP contribution is -2.29. The van der Waals surface area contributed by atoms with Gasteiger partial charge < -0.3 is 19.4 Å². The third-order valence-corrected chi connectivity index (χ3v) is 4.22. The largest absolute Gasteiger partial charge is 0.449 e. The average Bonchev–Trinajstić information content (AvgIpc) is 3.05. The molecular weight excluding hydrogens is 340 g/mol. The summed E-state index contributed by atoms with van der Waals surface area (Å²) in [6.45, 7) is 3.88. The van der Waals surface area contributed by atoms with Crippen molar-refractivity contribution in [2.24, 2.45) is 0 Å². The zero-order valence-electron chi connectivity index (χ0n) is 13.9. The molecule has 2 heterocycles. The fourth-order valence-corrected chi connectivity index (χ4v) is 3.12. The van der Waals surface area contributed by atoms with E-state index in [-0.39, 0.29) is 12.5 Å². The van der Waals surface area contributed by atoms with E-state index in [4.69, 9.17) is 21.1 Å². The molecule has 1 aliphatic rings. The highest BCUT2D eigenvalue weighted by Crippen LogP contribution is 2.40. The normalized spacial score (nSPS) is 14.7. The van der Waals surface area contributed by atoms with E-state index in [9.17, 15) is 4.79 Å². The van der Waals surface area contributed by atoms with Crippen molar-refractivity contribution in [3.63, 3.8) is 0 Å². The lowest BCUT2D eigenvalue weighted by molar-refractivity contribution is -0.116. The van der Waals surface area contributed by atoms with Gasteiger partial charge in [-0.1, -0.05) is 17.7 Å². The van der Waals surface area contributed by atoms with Gasteiger partial charge in [0.05, 0.1) is 0 Å². The van der Waals surface area contributed by atoms with Gasteiger partial charge in [-0.05, 0) is 35.7 Å². The van der Waals surface area contributed by atoms with E-state index in [2.05, 4.69) is 5.32 Å². The van der Waals surface area contributed by atoms with Crippen molar-refractivity contribution >= 4 is 34.1 Å². The molecule has 3 aromatic rings. The van der Waals surface area contributed by atoms with Crippen LogP contribution in [-0.2, 0) is 11.3 Å². The van der Waals surface area contributed by atoms with Crippen molar-refractivity contribution in [2.45, 2.75) is 26.2 Å². The number of carbonyl (C=O) groups is 1. The second-order valence-electron chi connectivity index (χ2n) is 6.46. The van der Waals surface area contributed by atoms with Gasteiger partial charge in [-0.25, -0.2) is 0 Å². The minimum Gasteiger partial charge on any atom is -0.449 e. The number of fused-ring (bicyclic) bond motifs is 2. The molecule has 0 saturated carbocycles. The van der Waals surface area contributed by atoms with E-state index in [0.717, 1.165) is 10.9 Å². The maximum Gasteiger partial charge on any atom is 0.246 e. The number of carbonyl (C=O) groups excluding carboxylic acids is 1. The quantitative estimate of drug-likeness (QED) is 0.754. The minimum absolute atomic E-state index is 0.129. The van der Waals surface area contributed by atoms with Crippen molar-refractivity contribution in [3.05, 3.63) is 53.7 Å². The maximum absolute atomic E-state index is 12.4. The molecule has 4 rings (SSSR count). The van der Waals surface area contributed by atoms with E-state index in [1.54, 1.807) is 18.2 Å². The van der Waals surface area contributed by atoms with E-state index in [0.29, 0.717) is 22.2 Å². The molecular formula is C19H17ClN2O3. The second kappa shape index (κ2) is 5.70. The third kappa shape index (κ3) is 3.15. The standard InChI is InChI=1S/C19H17ClN2O3/c1-19(2)24-16-6-5-14(10-17(16)25-19)21-18(23)11-22-8-7-12-3-4-13(20)9-15(12)22/h3-10H,11H2,1-2H3,(H,21,23). The van der Waals surface area contributed by atoms with E-state index in [1.807, 2.05) is 48.9 Å². The Morgan fingerprint density at radius 3 is 2.76 bits per heavy atom. The minimum atomic E-state index is -0.686. The molecule has 2 aromatic carbocycles. The van der Waals surface area contributed by atoms with Crippen LogP contribution in [0.4, 0.5) is 5.69 Å². The summed E-state index contributed by atoms with van der Waals surface area (Å²) in [6.07, 6.45) is 1.88. The lowest BCUT2D eigenvalue weighted by atomic mass is 10.2. The first kappa shape index (κ1) is 15.8. The van der Waals surface area contributed by atoms with Crippen molar-refractivity contribution in [3.8, 4) is 11.5 Å². The topological polar surface area (TPSA) is 52.5 Å². The zero-order chi connectivity index (χ0) is 17.6. The van der Waals surface area contributed by atoms with Crippen LogP contribution in [0.3, 0.4) is 0 Å². The number of aromatic nitrogens is 1. The molecule has 0 radical (unpaired) electrons. The Morgan fingerprint density at radius 2 is 1.92 bits per heavy atom. The molecule has 1 aromatic heterocycles. The van der Waals surface area contributed by atoms with Gasteiger partial charge in [0.25, 0.3) is 0 Å². The molecule has 0 atom stereocenters. The second-order valence-corrected chi connectivity index (χ2v) is 6.90. The number of anilines is 1. The number of rotatable bonds is 3. The van der Waals surface area contributed by atoms with Crippen LogP contribution in [0.5, 0.6) is 11.5 Å². The highest BCUT2D eigenvalue weighted by Gasteiger charge is 2.31. The molecule has 1 N–H and O–H groups in total. The lowest BCUT2D eigenvalue weighted by Gasteiger charge is -2.16. The van der Waals surface area contributed by atoms with Crippen LogP contribution >= 0.6 is 11.6 Å². The Morgan fingerprint density at radius 1 is 1.12 bits per heavy atom. The number of nitrogens with one attached hydrogen (secondary N) is 1. The van der Waals surface area contributed by atoms with Gasteiger partial charge in [-0.15, -0.1) is 0 Å². The summed E-state index contributed by atoms with van der Waals surface area (Å²) >= 11 is 6.05. The van der Waals surface area contributed by atoms with E-state index >= 15 is 0 Å². The summed E-state index contributed by atoms with van der Waals surface area (Å²) in [6, 6.07) is 13.0. The molecule has 0 fully saturated rings. The molecule has 0 saturated heterocycles. The Bertz CT molecular complexity index is 978. The van der Waals surface area contributed by atoms with Crippen molar-refractivity contribution in [1.82, 2.24) is 4.57 Å². The number of benzene rings is 2. The highest BCUT2D eigenvalue weighted by atomic mass is 35.5. The van der Waals surface area contributed by atoms with Gasteiger partial charge in [0.1, 0.15) is 6.54 Å². The van der Waals surface area contributed by atoms with Crippen LogP contribution in [0, 0.1) is 0 Å². The number of hydrogen-bond donors (Lipinski definition) is 1. The smallest absolute Gasteiger partial charge is 0.246 e. The number of ether oxygens (including phenoxy) is 2. The van der Waals surface area contributed by atoms with Gasteiger partial charge in [0.2, 0.25) is 11.7 Å². The first-order valence-electron chi connectivity index (χ1n) is 7.96. The molecule has 6 heteroatoms. The monoisotopic (exact) mass is 356 g/mol. The maximum atomic E-state index is 12.4. The number of halogens is 1. The summed E-state index contributed by atoms with van der Waals surface area (Å²) in [4.78, 5) is 12.4. The molecule has 0 spiro atoms. The SMILES string of the molecule is CC1(C)Oc2ccc(NC(=O)Cn3ccc4ccc(Cl)cc43)cc2O1. The molecule has 5 nitrogen and oxygen atoms in total. The van der Waals surface area contributed by atoms with Gasteiger partial charge >= 0.3 is 0 Å². The molecule has 25 heavy (non-hydrogen) atoms. The summed E-state index contributed by atoms with van der Waals surface area (Å²) in [5.41, 5.74) is 1.59. The Hall–Kier alpha value is -2.66. The molecule has 128 valence electrons. The Balaban J connectivity index is 1.50. The summed E-state index contributed by atoms with van der Waals surface area (Å²) < 4.78 is 13.2. The fourth-order valence-electron chi connectivity index (χ4n) is 2.95. The summed E-state index contributed by atoms with van der Waals surface area (Å²) in [5.74, 6) is 0.486. The molecule has 1 aliphatic heterocycles. The summed E-state index contributed by atoms with van der Waals surface area (Å²) in [7, 11) is 0. The van der Waals surface area contributed by atoms with Crippen molar-refractivity contribution in [1.29, 1.82) is 0 Å². The van der Waals surface area contributed by atoms with E-state index in [1.165, 1.54) is 0 Å². The third-order valence-electron chi connectivity index (χ3n) is 3.99. The summed E-state index contributed by atoms with van der Waals surface area (Å²) in [5, 5.41) is 4.58. The number of nitrogens with zero attached hydrogens (tertiary/aromatic N) is 1. The van der Waals surface area contributed by atoms with Gasteiger partial charge in [0, 0.05) is 42.3 Å². The van der Waals surface area contributed by atoms with Gasteiger partial charge in [0.15, 0.2) is 11.5 Å². The van der Waals surface area contributed by atoms with Crippen LogP contribution in [0.1, 0.15) is 13.8 Å². The molecule has 0 bridgehead atoms. The predicted molar refractivity (Wildman–Crippen MR) is 97.4 cm³/mol. The van der Waals surface area contributed by atoms with Crippen LogP contribution in [0.25, 0.3) is 10.9 Å². The molecule has 0 aliphatic carbocycles. The number of hydrogen-bond acceptors (Lipinski definition) is 3. The van der Waals surface area contributed by atoms with Crippen molar-refractivity contribution < 1.29 is 14.3 Å². The Kier molecular flexibility index (Phi) is 3.62. The first-order chi connectivity index (χ1) is 11.9. The van der Waals surface area contributed by atoms with Gasteiger partial charge in [-0.2, -0.15) is 0 Å². The average molecular weight is 357 g/mol. The van der Waals surface area contributed by atoms with Gasteiger partial charge in [-0.3, -0.25) is 4.79 Å². The number of amides is 1.